The Kier molecular flexibility index (Phi) is 6.28. The first-order valence-corrected chi connectivity index (χ1v) is 9.71. The lowest BCUT2D eigenvalue weighted by atomic mass is 10.2. The van der Waals surface area contributed by atoms with Crippen LogP contribution in [0.1, 0.15) is 12.1 Å². The molecule has 1 atom stereocenters. The second-order valence-electron chi connectivity index (χ2n) is 6.85. The zero-order chi connectivity index (χ0) is 23.1. The van der Waals surface area contributed by atoms with Crippen molar-refractivity contribution in [3.63, 3.8) is 0 Å². The molecule has 1 N–H and O–H groups in total. The van der Waals surface area contributed by atoms with Crippen LogP contribution in [0.2, 0.25) is 0 Å². The third-order valence-electron chi connectivity index (χ3n) is 4.90. The molecule has 1 unspecified atom stereocenters. The Morgan fingerprint density at radius 3 is 2.52 bits per heavy atom. The Morgan fingerprint density at radius 1 is 1.26 bits per heavy atom. The second-order valence-corrected chi connectivity index (χ2v) is 7.70. The molecule has 0 radical (unpaired) electrons. The molecular formula is C18H17BrF4N4O4. The van der Waals surface area contributed by atoms with Gasteiger partial charge in [-0.2, -0.15) is 13.2 Å². The first-order valence-electron chi connectivity index (χ1n) is 8.92. The van der Waals surface area contributed by atoms with Crippen molar-refractivity contribution in [3.05, 3.63) is 55.0 Å². The summed E-state index contributed by atoms with van der Waals surface area (Å²) in [5.74, 6) is -1.05. The number of ether oxygens (including phenoxy) is 1. The highest BCUT2D eigenvalue weighted by Gasteiger charge is 2.35. The number of alkyl halides is 3. The Hall–Kier alpha value is -2.67. The Labute approximate surface area is 181 Å². The third-order valence-corrected chi connectivity index (χ3v) is 5.55. The average Bonchev–Trinajstić information content (AvgIpc) is 3.16. The number of carbonyl (C=O) groups is 1. The van der Waals surface area contributed by atoms with E-state index in [9.17, 15) is 31.9 Å². The summed E-state index contributed by atoms with van der Waals surface area (Å²) in [7, 11) is 2.34. The maximum absolute atomic E-state index is 14.6. The SMILES string of the molecule is COC1CCN(C(=O)Nc2cc(-n3c(=O)cc(C(F)(F)F)n(C)c3=O)c(F)cc2Br)C1. The largest absolute Gasteiger partial charge is 0.431 e. The highest BCUT2D eigenvalue weighted by atomic mass is 79.9. The van der Waals surface area contributed by atoms with E-state index in [1.807, 2.05) is 0 Å². The molecule has 1 aromatic carbocycles. The number of rotatable bonds is 3. The van der Waals surface area contributed by atoms with Gasteiger partial charge in [0.15, 0.2) is 0 Å². The van der Waals surface area contributed by atoms with Crippen molar-refractivity contribution in [2.24, 2.45) is 7.05 Å². The van der Waals surface area contributed by atoms with Gasteiger partial charge in [0.25, 0.3) is 5.56 Å². The molecule has 8 nitrogen and oxygen atoms in total. The predicted octanol–water partition coefficient (Wildman–Crippen LogP) is 2.71. The highest BCUT2D eigenvalue weighted by Crippen LogP contribution is 2.29. The van der Waals surface area contributed by atoms with Gasteiger partial charge in [0.2, 0.25) is 0 Å². The van der Waals surface area contributed by atoms with Gasteiger partial charge in [0, 0.05) is 37.8 Å². The van der Waals surface area contributed by atoms with Gasteiger partial charge in [-0.15, -0.1) is 0 Å². The molecule has 2 heterocycles. The van der Waals surface area contributed by atoms with Crippen LogP contribution in [0.15, 0.2) is 32.3 Å². The van der Waals surface area contributed by atoms with E-state index in [4.69, 9.17) is 4.74 Å². The number of aromatic nitrogens is 2. The van der Waals surface area contributed by atoms with Crippen molar-refractivity contribution in [3.8, 4) is 5.69 Å². The number of benzene rings is 1. The molecule has 13 heteroatoms. The fraction of sp³-hybridized carbons (Fsp3) is 0.389. The Bertz CT molecular complexity index is 1150. The Balaban J connectivity index is 2.03. The van der Waals surface area contributed by atoms with Gasteiger partial charge in [0.1, 0.15) is 11.5 Å². The Morgan fingerprint density at radius 2 is 1.94 bits per heavy atom. The number of carbonyl (C=O) groups excluding carboxylic acids is 1. The van der Waals surface area contributed by atoms with Crippen molar-refractivity contribution in [1.29, 1.82) is 0 Å². The van der Waals surface area contributed by atoms with E-state index in [0.29, 0.717) is 19.5 Å². The van der Waals surface area contributed by atoms with Crippen molar-refractivity contribution in [2.45, 2.75) is 18.7 Å². The fourth-order valence-electron chi connectivity index (χ4n) is 3.22. The normalized spacial score (nSPS) is 16.6. The number of amides is 2. The van der Waals surface area contributed by atoms with Gasteiger partial charge >= 0.3 is 17.9 Å². The molecule has 0 bridgehead atoms. The number of likely N-dealkylation sites (tertiary alicyclic amines) is 1. The van der Waals surface area contributed by atoms with E-state index in [-0.39, 0.29) is 31.5 Å². The van der Waals surface area contributed by atoms with E-state index in [1.165, 1.54) is 12.0 Å². The quantitative estimate of drug-likeness (QED) is 0.646. The lowest BCUT2D eigenvalue weighted by Crippen LogP contribution is -2.41. The number of anilines is 1. The van der Waals surface area contributed by atoms with Crippen molar-refractivity contribution >= 4 is 27.6 Å². The van der Waals surface area contributed by atoms with Gasteiger partial charge in [-0.25, -0.2) is 18.5 Å². The third kappa shape index (κ3) is 4.51. The molecule has 3 rings (SSSR count). The molecule has 1 saturated heterocycles. The summed E-state index contributed by atoms with van der Waals surface area (Å²) in [5, 5.41) is 2.54. The zero-order valence-corrected chi connectivity index (χ0v) is 17.9. The topological polar surface area (TPSA) is 85.6 Å². The molecule has 2 aromatic rings. The first-order chi connectivity index (χ1) is 14.4. The van der Waals surface area contributed by atoms with Crippen LogP contribution in [0.3, 0.4) is 0 Å². The minimum atomic E-state index is -4.95. The summed E-state index contributed by atoms with van der Waals surface area (Å²) in [6, 6.07) is 1.58. The summed E-state index contributed by atoms with van der Waals surface area (Å²) >= 11 is 3.09. The second kappa shape index (κ2) is 8.46. The lowest BCUT2D eigenvalue weighted by Gasteiger charge is -2.19. The van der Waals surface area contributed by atoms with Gasteiger partial charge in [-0.3, -0.25) is 9.36 Å². The molecule has 0 aliphatic carbocycles. The monoisotopic (exact) mass is 508 g/mol. The van der Waals surface area contributed by atoms with Gasteiger partial charge in [0.05, 0.1) is 17.5 Å². The molecule has 1 aromatic heterocycles. The van der Waals surface area contributed by atoms with Crippen LogP contribution >= 0.6 is 15.9 Å². The maximum Gasteiger partial charge on any atom is 0.431 e. The number of nitrogens with zero attached hydrogens (tertiary/aromatic N) is 3. The minimum Gasteiger partial charge on any atom is -0.380 e. The molecule has 1 aliphatic heterocycles. The van der Waals surface area contributed by atoms with E-state index in [1.54, 1.807) is 0 Å². The van der Waals surface area contributed by atoms with Crippen LogP contribution < -0.4 is 16.6 Å². The number of methoxy groups -OCH3 is 1. The summed E-state index contributed by atoms with van der Waals surface area (Å²) in [4.78, 5) is 38.7. The van der Waals surface area contributed by atoms with Crippen LogP contribution in [-0.2, 0) is 18.0 Å². The summed E-state index contributed by atoms with van der Waals surface area (Å²) in [5.41, 5.74) is -4.80. The molecule has 0 saturated carbocycles. The minimum absolute atomic E-state index is 0.0242. The molecule has 1 fully saturated rings. The number of nitrogens with one attached hydrogen (secondary N) is 1. The molecule has 31 heavy (non-hydrogen) atoms. The van der Waals surface area contributed by atoms with Gasteiger partial charge in [-0.05, 0) is 34.5 Å². The average molecular weight is 509 g/mol. The predicted molar refractivity (Wildman–Crippen MR) is 106 cm³/mol. The number of hydrogen-bond acceptors (Lipinski definition) is 4. The van der Waals surface area contributed by atoms with Crippen LogP contribution in [0.25, 0.3) is 5.69 Å². The van der Waals surface area contributed by atoms with Gasteiger partial charge in [-0.1, -0.05) is 0 Å². The standard InChI is InChI=1S/C18H17BrF4N4O4/c1-25-14(18(21,22)23)7-15(28)27(17(25)30)13-6-12(10(19)5-11(13)20)24-16(29)26-4-3-9(8-26)31-2/h5-7,9H,3-4,8H2,1-2H3,(H,24,29). The number of halogens is 5. The highest BCUT2D eigenvalue weighted by molar-refractivity contribution is 9.10. The summed E-state index contributed by atoms with van der Waals surface area (Å²) in [6.45, 7) is 0.766. The fourth-order valence-corrected chi connectivity index (χ4v) is 3.64. The van der Waals surface area contributed by atoms with Crippen LogP contribution in [0, 0.1) is 5.82 Å². The van der Waals surface area contributed by atoms with Crippen molar-refractivity contribution in [1.82, 2.24) is 14.0 Å². The summed E-state index contributed by atoms with van der Waals surface area (Å²) < 4.78 is 59.5. The summed E-state index contributed by atoms with van der Waals surface area (Å²) in [6.07, 6.45) is -4.43. The smallest absolute Gasteiger partial charge is 0.380 e. The number of urea groups is 1. The molecule has 168 valence electrons. The van der Waals surface area contributed by atoms with Crippen LogP contribution in [0.5, 0.6) is 0 Å². The van der Waals surface area contributed by atoms with Crippen LogP contribution in [0.4, 0.5) is 28.0 Å². The molecule has 2 amide bonds. The van der Waals surface area contributed by atoms with Gasteiger partial charge < -0.3 is 15.0 Å². The van der Waals surface area contributed by atoms with E-state index < -0.39 is 40.7 Å². The van der Waals surface area contributed by atoms with Crippen molar-refractivity contribution < 1.29 is 27.1 Å². The zero-order valence-electron chi connectivity index (χ0n) is 16.3. The van der Waals surface area contributed by atoms with Crippen LogP contribution in [-0.4, -0.2) is 46.4 Å². The molecule has 0 spiro atoms. The molecule has 1 aliphatic rings. The van der Waals surface area contributed by atoms with E-state index in [0.717, 1.165) is 19.2 Å². The molecular weight excluding hydrogens is 492 g/mol. The van der Waals surface area contributed by atoms with Crippen molar-refractivity contribution in [2.75, 3.05) is 25.5 Å². The number of hydrogen-bond donors (Lipinski definition) is 1. The van der Waals surface area contributed by atoms with E-state index in [2.05, 4.69) is 21.2 Å². The lowest BCUT2D eigenvalue weighted by molar-refractivity contribution is -0.144. The first kappa shape index (κ1) is 23.0. The maximum atomic E-state index is 14.6. The van der Waals surface area contributed by atoms with E-state index >= 15 is 0 Å².